The molecule has 0 spiro atoms. The molecule has 0 aromatic heterocycles. The van der Waals surface area contributed by atoms with Crippen LogP contribution in [0.25, 0.3) is 0 Å². The van der Waals surface area contributed by atoms with Crippen LogP contribution in [-0.2, 0) is 9.59 Å². The lowest BCUT2D eigenvalue weighted by Crippen LogP contribution is -2.34. The summed E-state index contributed by atoms with van der Waals surface area (Å²) in [6, 6.07) is 0. The summed E-state index contributed by atoms with van der Waals surface area (Å²) >= 11 is 0. The van der Waals surface area contributed by atoms with Gasteiger partial charge in [-0.2, -0.15) is 0 Å². The molecule has 2 heteroatoms. The van der Waals surface area contributed by atoms with Crippen molar-refractivity contribution in [3.63, 3.8) is 0 Å². The molecule has 0 amide bonds. The molecule has 0 aromatic rings. The molecular weight excluding hydrogens is 188 g/mol. The van der Waals surface area contributed by atoms with Crippen molar-refractivity contribution in [3.05, 3.63) is 11.1 Å². The van der Waals surface area contributed by atoms with E-state index in [4.69, 9.17) is 0 Å². The second-order valence-corrected chi connectivity index (χ2v) is 5.02. The van der Waals surface area contributed by atoms with Gasteiger partial charge in [-0.15, -0.1) is 0 Å². The van der Waals surface area contributed by atoms with E-state index in [9.17, 15) is 9.59 Å². The van der Waals surface area contributed by atoms with Crippen LogP contribution in [0.1, 0.15) is 53.4 Å². The van der Waals surface area contributed by atoms with Gasteiger partial charge in [0.05, 0.1) is 0 Å². The van der Waals surface area contributed by atoms with E-state index in [0.717, 1.165) is 24.8 Å². The zero-order valence-electron chi connectivity index (χ0n) is 10.1. The van der Waals surface area contributed by atoms with Gasteiger partial charge in [-0.05, 0) is 25.3 Å². The Labute approximate surface area is 91.7 Å². The van der Waals surface area contributed by atoms with Crippen LogP contribution in [0.3, 0.4) is 0 Å². The second kappa shape index (κ2) is 4.30. The SMILES string of the molecule is CCCCC1=C(C)C(=O)C(C)(C)CC1=O. The van der Waals surface area contributed by atoms with Crippen LogP contribution in [0.5, 0.6) is 0 Å². The fourth-order valence-corrected chi connectivity index (χ4v) is 2.12. The quantitative estimate of drug-likeness (QED) is 0.714. The summed E-state index contributed by atoms with van der Waals surface area (Å²) in [5, 5.41) is 0. The van der Waals surface area contributed by atoms with Gasteiger partial charge in [-0.3, -0.25) is 9.59 Å². The second-order valence-electron chi connectivity index (χ2n) is 5.02. The Morgan fingerprint density at radius 2 is 1.87 bits per heavy atom. The zero-order chi connectivity index (χ0) is 11.6. The average Bonchev–Trinajstić information content (AvgIpc) is 2.14. The number of carbonyl (C=O) groups excluding carboxylic acids is 2. The van der Waals surface area contributed by atoms with E-state index in [2.05, 4.69) is 6.92 Å². The van der Waals surface area contributed by atoms with E-state index < -0.39 is 5.41 Å². The molecule has 0 heterocycles. The highest BCUT2D eigenvalue weighted by Crippen LogP contribution is 2.35. The highest BCUT2D eigenvalue weighted by molar-refractivity contribution is 6.13. The Kier molecular flexibility index (Phi) is 3.48. The third-order valence-corrected chi connectivity index (χ3v) is 3.13. The van der Waals surface area contributed by atoms with Crippen molar-refractivity contribution < 1.29 is 9.59 Å². The van der Waals surface area contributed by atoms with E-state index >= 15 is 0 Å². The van der Waals surface area contributed by atoms with E-state index in [0.29, 0.717) is 12.0 Å². The first-order chi connectivity index (χ1) is 6.90. The molecule has 0 N–H and O–H groups in total. The number of allylic oxidation sites excluding steroid dienone is 2. The monoisotopic (exact) mass is 208 g/mol. The van der Waals surface area contributed by atoms with Crippen molar-refractivity contribution in [3.8, 4) is 0 Å². The summed E-state index contributed by atoms with van der Waals surface area (Å²) in [6.45, 7) is 7.60. The van der Waals surface area contributed by atoms with Crippen LogP contribution in [0.15, 0.2) is 11.1 Å². The minimum absolute atomic E-state index is 0.146. The number of Topliss-reactive ketones (excluding diaryl/α,β-unsaturated/α-hetero) is 2. The molecule has 0 fully saturated rings. The van der Waals surface area contributed by atoms with Gasteiger partial charge in [0.25, 0.3) is 0 Å². The maximum absolute atomic E-state index is 12.0. The summed E-state index contributed by atoms with van der Waals surface area (Å²) in [4.78, 5) is 23.8. The molecule has 15 heavy (non-hydrogen) atoms. The van der Waals surface area contributed by atoms with E-state index in [1.807, 2.05) is 13.8 Å². The Balaban J connectivity index is 2.99. The van der Waals surface area contributed by atoms with Crippen LogP contribution >= 0.6 is 0 Å². The molecule has 1 rings (SSSR count). The molecule has 1 aliphatic carbocycles. The van der Waals surface area contributed by atoms with E-state index in [1.165, 1.54) is 0 Å². The normalized spacial score (nSPS) is 21.1. The predicted octanol–water partition coefficient (Wildman–Crippen LogP) is 3.06. The maximum atomic E-state index is 12.0. The molecule has 0 aliphatic heterocycles. The summed E-state index contributed by atoms with van der Waals surface area (Å²) in [5.41, 5.74) is 0.988. The fraction of sp³-hybridized carbons (Fsp3) is 0.692. The van der Waals surface area contributed by atoms with Gasteiger partial charge in [-0.1, -0.05) is 27.2 Å². The van der Waals surface area contributed by atoms with Gasteiger partial charge >= 0.3 is 0 Å². The minimum atomic E-state index is -0.489. The number of unbranched alkanes of at least 4 members (excludes halogenated alkanes) is 1. The van der Waals surface area contributed by atoms with Crippen LogP contribution < -0.4 is 0 Å². The summed E-state index contributed by atoms with van der Waals surface area (Å²) in [5.74, 6) is 0.318. The van der Waals surface area contributed by atoms with Crippen molar-refractivity contribution in [2.45, 2.75) is 53.4 Å². The molecule has 0 aromatic carbocycles. The molecule has 0 saturated heterocycles. The van der Waals surface area contributed by atoms with Crippen molar-refractivity contribution in [2.24, 2.45) is 5.41 Å². The average molecular weight is 208 g/mol. The lowest BCUT2D eigenvalue weighted by Gasteiger charge is -2.29. The van der Waals surface area contributed by atoms with Gasteiger partial charge in [0.15, 0.2) is 11.6 Å². The topological polar surface area (TPSA) is 34.1 Å². The Bertz CT molecular complexity index is 321. The van der Waals surface area contributed by atoms with Gasteiger partial charge in [-0.25, -0.2) is 0 Å². The lowest BCUT2D eigenvalue weighted by molar-refractivity contribution is -0.130. The predicted molar refractivity (Wildman–Crippen MR) is 60.6 cm³/mol. The fourth-order valence-electron chi connectivity index (χ4n) is 2.12. The Morgan fingerprint density at radius 1 is 1.27 bits per heavy atom. The molecule has 0 atom stereocenters. The van der Waals surface area contributed by atoms with Crippen LogP contribution in [0.4, 0.5) is 0 Å². The summed E-state index contributed by atoms with van der Waals surface area (Å²) in [6.07, 6.45) is 3.19. The number of rotatable bonds is 3. The van der Waals surface area contributed by atoms with Crippen molar-refractivity contribution >= 4 is 11.6 Å². The van der Waals surface area contributed by atoms with Gasteiger partial charge in [0.2, 0.25) is 0 Å². The zero-order valence-corrected chi connectivity index (χ0v) is 10.1. The first-order valence-electron chi connectivity index (χ1n) is 5.68. The Hall–Kier alpha value is -0.920. The smallest absolute Gasteiger partial charge is 0.165 e. The maximum Gasteiger partial charge on any atom is 0.165 e. The van der Waals surface area contributed by atoms with E-state index in [-0.39, 0.29) is 11.6 Å². The van der Waals surface area contributed by atoms with Gasteiger partial charge < -0.3 is 0 Å². The lowest BCUT2D eigenvalue weighted by atomic mass is 9.72. The van der Waals surface area contributed by atoms with Crippen LogP contribution in [0.2, 0.25) is 0 Å². The summed E-state index contributed by atoms with van der Waals surface area (Å²) in [7, 11) is 0. The first kappa shape index (κ1) is 12.2. The number of hydrogen-bond acceptors (Lipinski definition) is 2. The molecule has 2 nitrogen and oxygen atoms in total. The van der Waals surface area contributed by atoms with Crippen molar-refractivity contribution in [1.82, 2.24) is 0 Å². The van der Waals surface area contributed by atoms with E-state index in [1.54, 1.807) is 6.92 Å². The van der Waals surface area contributed by atoms with Crippen LogP contribution in [-0.4, -0.2) is 11.6 Å². The third-order valence-electron chi connectivity index (χ3n) is 3.13. The molecule has 0 saturated carbocycles. The Morgan fingerprint density at radius 3 is 2.40 bits per heavy atom. The number of hydrogen-bond donors (Lipinski definition) is 0. The number of carbonyl (C=O) groups is 2. The first-order valence-corrected chi connectivity index (χ1v) is 5.68. The molecular formula is C13H20O2. The standard InChI is InChI=1S/C13H20O2/c1-5-6-7-10-9(2)12(15)13(3,4)8-11(10)14/h5-8H2,1-4H3. The number of ketones is 2. The minimum Gasteiger partial charge on any atom is -0.295 e. The molecule has 0 radical (unpaired) electrons. The molecule has 0 bridgehead atoms. The highest BCUT2D eigenvalue weighted by atomic mass is 16.1. The molecule has 1 aliphatic rings. The van der Waals surface area contributed by atoms with Crippen molar-refractivity contribution in [1.29, 1.82) is 0 Å². The van der Waals surface area contributed by atoms with Gasteiger partial charge in [0.1, 0.15) is 0 Å². The highest BCUT2D eigenvalue weighted by Gasteiger charge is 2.37. The van der Waals surface area contributed by atoms with Crippen LogP contribution in [0, 0.1) is 5.41 Å². The van der Waals surface area contributed by atoms with Gasteiger partial charge in [0, 0.05) is 17.4 Å². The third kappa shape index (κ3) is 2.36. The molecule has 84 valence electrons. The largest absolute Gasteiger partial charge is 0.295 e. The van der Waals surface area contributed by atoms with Crippen molar-refractivity contribution in [2.75, 3.05) is 0 Å². The summed E-state index contributed by atoms with van der Waals surface area (Å²) < 4.78 is 0. The molecule has 0 unspecified atom stereocenters.